The second kappa shape index (κ2) is 4.23. The predicted molar refractivity (Wildman–Crippen MR) is 59.8 cm³/mol. The van der Waals surface area contributed by atoms with Crippen molar-refractivity contribution in [2.24, 2.45) is 0 Å². The minimum Gasteiger partial charge on any atom is -0.289 e. The van der Waals surface area contributed by atoms with Crippen LogP contribution in [-0.2, 0) is 0 Å². The van der Waals surface area contributed by atoms with Gasteiger partial charge in [-0.2, -0.15) is 0 Å². The molecule has 0 amide bonds. The van der Waals surface area contributed by atoms with E-state index in [2.05, 4.69) is 0 Å². The second-order valence-electron chi connectivity index (χ2n) is 3.64. The molecule has 14 heavy (non-hydrogen) atoms. The van der Waals surface area contributed by atoms with E-state index in [9.17, 15) is 4.79 Å². The third-order valence-electron chi connectivity index (χ3n) is 2.24. The lowest BCUT2D eigenvalue weighted by atomic mass is 9.96. The van der Waals surface area contributed by atoms with E-state index in [1.807, 2.05) is 39.8 Å². The van der Waals surface area contributed by atoms with Gasteiger partial charge in [-0.25, -0.2) is 0 Å². The molecule has 0 atom stereocenters. The van der Waals surface area contributed by atoms with Crippen LogP contribution in [0.25, 0.3) is 0 Å². The Kier molecular flexibility index (Phi) is 3.23. The van der Waals surface area contributed by atoms with Gasteiger partial charge in [0.1, 0.15) is 0 Å². The van der Waals surface area contributed by atoms with E-state index in [0.717, 1.165) is 16.7 Å². The van der Waals surface area contributed by atoms with E-state index < -0.39 is 0 Å². The third-order valence-corrected chi connectivity index (χ3v) is 2.24. The molecule has 1 heteroatoms. The molecule has 0 aliphatic heterocycles. The van der Waals surface area contributed by atoms with Crippen molar-refractivity contribution in [3.8, 4) is 0 Å². The molecule has 0 saturated heterocycles. The number of hydrogen-bond acceptors (Lipinski definition) is 1. The van der Waals surface area contributed by atoms with Crippen LogP contribution in [0.5, 0.6) is 0 Å². The van der Waals surface area contributed by atoms with Gasteiger partial charge in [-0.3, -0.25) is 4.79 Å². The summed E-state index contributed by atoms with van der Waals surface area (Å²) in [5.41, 5.74) is 4.17. The Balaban J connectivity index is 3.27. The first kappa shape index (κ1) is 10.7. The molecule has 0 unspecified atom stereocenters. The fourth-order valence-corrected chi connectivity index (χ4v) is 1.80. The van der Waals surface area contributed by atoms with Gasteiger partial charge < -0.3 is 0 Å². The third kappa shape index (κ3) is 2.11. The number of hydrogen-bond donors (Lipinski definition) is 0. The van der Waals surface area contributed by atoms with Gasteiger partial charge in [0.2, 0.25) is 0 Å². The van der Waals surface area contributed by atoms with Crippen LogP contribution < -0.4 is 0 Å². The molecule has 0 bridgehead atoms. The fraction of sp³-hybridized carbons (Fsp3) is 0.308. The van der Waals surface area contributed by atoms with Crippen molar-refractivity contribution in [1.82, 2.24) is 0 Å². The van der Waals surface area contributed by atoms with Crippen LogP contribution in [0.2, 0.25) is 0 Å². The monoisotopic (exact) mass is 188 g/mol. The standard InChI is InChI=1S/C13H16O/c1-5-6-12(14)13-10(3)7-9(2)8-11(13)4/h5-8H,1-4H3. The Morgan fingerprint density at radius 3 is 2.07 bits per heavy atom. The van der Waals surface area contributed by atoms with Crippen LogP contribution in [0.1, 0.15) is 34.0 Å². The van der Waals surface area contributed by atoms with Gasteiger partial charge in [-0.15, -0.1) is 0 Å². The average Bonchev–Trinajstić information content (AvgIpc) is 2.01. The van der Waals surface area contributed by atoms with E-state index in [4.69, 9.17) is 0 Å². The highest BCUT2D eigenvalue weighted by Gasteiger charge is 2.09. The number of benzene rings is 1. The number of carbonyl (C=O) groups excluding carboxylic acids is 1. The Bertz CT molecular complexity index is 363. The lowest BCUT2D eigenvalue weighted by molar-refractivity contribution is 0.104. The number of aryl methyl sites for hydroxylation is 3. The van der Waals surface area contributed by atoms with Crippen LogP contribution in [-0.4, -0.2) is 5.78 Å². The fourth-order valence-electron chi connectivity index (χ4n) is 1.80. The van der Waals surface area contributed by atoms with Gasteiger partial charge >= 0.3 is 0 Å². The molecule has 0 saturated carbocycles. The predicted octanol–water partition coefficient (Wildman–Crippen LogP) is 3.37. The second-order valence-corrected chi connectivity index (χ2v) is 3.64. The molecular weight excluding hydrogens is 172 g/mol. The molecule has 0 aliphatic rings. The maximum atomic E-state index is 11.7. The first-order chi connectivity index (χ1) is 6.56. The van der Waals surface area contributed by atoms with E-state index >= 15 is 0 Å². The highest BCUT2D eigenvalue weighted by atomic mass is 16.1. The smallest absolute Gasteiger partial charge is 0.186 e. The van der Waals surface area contributed by atoms with Crippen molar-refractivity contribution in [2.75, 3.05) is 0 Å². The Morgan fingerprint density at radius 1 is 1.14 bits per heavy atom. The van der Waals surface area contributed by atoms with Crippen molar-refractivity contribution < 1.29 is 4.79 Å². The SMILES string of the molecule is CC=CC(=O)c1c(C)cc(C)cc1C. The summed E-state index contributed by atoms with van der Waals surface area (Å²) in [5, 5.41) is 0. The molecule has 74 valence electrons. The maximum absolute atomic E-state index is 11.7. The van der Waals surface area contributed by atoms with Crippen LogP contribution in [0.15, 0.2) is 24.3 Å². The topological polar surface area (TPSA) is 17.1 Å². The molecular formula is C13H16O. The molecule has 1 aromatic rings. The number of allylic oxidation sites excluding steroid dienone is 2. The summed E-state index contributed by atoms with van der Waals surface area (Å²) in [4.78, 5) is 11.7. The van der Waals surface area contributed by atoms with Crippen LogP contribution >= 0.6 is 0 Å². The van der Waals surface area contributed by atoms with E-state index in [1.165, 1.54) is 5.56 Å². The lowest BCUT2D eigenvalue weighted by Gasteiger charge is -2.07. The van der Waals surface area contributed by atoms with E-state index in [1.54, 1.807) is 12.2 Å². The molecule has 0 heterocycles. The summed E-state index contributed by atoms with van der Waals surface area (Å²) in [7, 11) is 0. The number of carbonyl (C=O) groups is 1. The van der Waals surface area contributed by atoms with Crippen molar-refractivity contribution in [1.29, 1.82) is 0 Å². The van der Waals surface area contributed by atoms with Gasteiger partial charge in [-0.1, -0.05) is 23.8 Å². The zero-order valence-electron chi connectivity index (χ0n) is 9.22. The molecule has 0 radical (unpaired) electrons. The minimum atomic E-state index is 0.0995. The number of ketones is 1. The van der Waals surface area contributed by atoms with Gasteiger partial charge in [0.15, 0.2) is 5.78 Å². The molecule has 1 rings (SSSR count). The van der Waals surface area contributed by atoms with Crippen molar-refractivity contribution in [2.45, 2.75) is 27.7 Å². The van der Waals surface area contributed by atoms with Crippen molar-refractivity contribution >= 4 is 5.78 Å². The first-order valence-corrected chi connectivity index (χ1v) is 4.81. The molecule has 1 nitrogen and oxygen atoms in total. The Morgan fingerprint density at radius 2 is 1.64 bits per heavy atom. The molecule has 0 aromatic heterocycles. The van der Waals surface area contributed by atoms with Crippen LogP contribution in [0.4, 0.5) is 0 Å². The summed E-state index contributed by atoms with van der Waals surface area (Å²) in [5.74, 6) is 0.0995. The maximum Gasteiger partial charge on any atom is 0.186 e. The first-order valence-electron chi connectivity index (χ1n) is 4.81. The van der Waals surface area contributed by atoms with Crippen molar-refractivity contribution in [3.05, 3.63) is 46.5 Å². The summed E-state index contributed by atoms with van der Waals surface area (Å²) in [6.45, 7) is 7.87. The average molecular weight is 188 g/mol. The Hall–Kier alpha value is -1.37. The van der Waals surface area contributed by atoms with Gasteiger partial charge in [-0.05, 0) is 44.9 Å². The zero-order chi connectivity index (χ0) is 10.7. The summed E-state index contributed by atoms with van der Waals surface area (Å²) < 4.78 is 0. The molecule has 0 spiro atoms. The normalized spacial score (nSPS) is 10.9. The molecule has 0 aliphatic carbocycles. The van der Waals surface area contributed by atoms with Gasteiger partial charge in [0.05, 0.1) is 0 Å². The lowest BCUT2D eigenvalue weighted by Crippen LogP contribution is -2.01. The Labute approximate surface area is 85.5 Å². The summed E-state index contributed by atoms with van der Waals surface area (Å²) >= 11 is 0. The van der Waals surface area contributed by atoms with Crippen LogP contribution in [0, 0.1) is 20.8 Å². The van der Waals surface area contributed by atoms with Gasteiger partial charge in [0, 0.05) is 5.56 Å². The highest BCUT2D eigenvalue weighted by Crippen LogP contribution is 2.17. The molecule has 1 aromatic carbocycles. The summed E-state index contributed by atoms with van der Waals surface area (Å²) in [6.07, 6.45) is 3.39. The largest absolute Gasteiger partial charge is 0.289 e. The molecule has 0 fully saturated rings. The summed E-state index contributed by atoms with van der Waals surface area (Å²) in [6, 6.07) is 4.09. The number of rotatable bonds is 2. The van der Waals surface area contributed by atoms with Crippen molar-refractivity contribution in [3.63, 3.8) is 0 Å². The van der Waals surface area contributed by atoms with E-state index in [0.29, 0.717) is 0 Å². The minimum absolute atomic E-state index is 0.0995. The zero-order valence-corrected chi connectivity index (χ0v) is 9.22. The van der Waals surface area contributed by atoms with E-state index in [-0.39, 0.29) is 5.78 Å². The van der Waals surface area contributed by atoms with Gasteiger partial charge in [0.25, 0.3) is 0 Å². The quantitative estimate of drug-likeness (QED) is 0.513. The van der Waals surface area contributed by atoms with Crippen LogP contribution in [0.3, 0.4) is 0 Å². The molecule has 0 N–H and O–H groups in total. The highest BCUT2D eigenvalue weighted by molar-refractivity contribution is 6.06.